The first-order valence-corrected chi connectivity index (χ1v) is 5.80. The van der Waals surface area contributed by atoms with Gasteiger partial charge < -0.3 is 11.1 Å². The van der Waals surface area contributed by atoms with Crippen molar-refractivity contribution < 1.29 is 9.72 Å². The van der Waals surface area contributed by atoms with Gasteiger partial charge in [-0.2, -0.15) is 5.10 Å². The minimum atomic E-state index is -0.650. The Bertz CT molecular complexity index is 697. The summed E-state index contributed by atoms with van der Waals surface area (Å²) in [5.41, 5.74) is 5.26. The van der Waals surface area contributed by atoms with E-state index in [4.69, 9.17) is 17.3 Å². The van der Waals surface area contributed by atoms with Gasteiger partial charge in [0.05, 0.1) is 21.2 Å². The van der Waals surface area contributed by atoms with E-state index in [0.29, 0.717) is 5.82 Å². The van der Waals surface area contributed by atoms with Crippen molar-refractivity contribution in [2.45, 2.75) is 0 Å². The van der Waals surface area contributed by atoms with Crippen LogP contribution in [0.1, 0.15) is 10.4 Å². The summed E-state index contributed by atoms with van der Waals surface area (Å²) in [6.07, 6.45) is 1.64. The Balaban J connectivity index is 2.36. The second kappa shape index (κ2) is 5.17. The lowest BCUT2D eigenvalue weighted by molar-refractivity contribution is -0.384. The maximum atomic E-state index is 12.0. The molecule has 0 aliphatic carbocycles. The van der Waals surface area contributed by atoms with Gasteiger partial charge in [0, 0.05) is 31.4 Å². The summed E-state index contributed by atoms with van der Waals surface area (Å²) in [4.78, 5) is 22.2. The number of nitrogens with one attached hydrogen (secondary N) is 1. The average Bonchev–Trinajstić information content (AvgIpc) is 2.77. The molecular weight excluding hydrogens is 286 g/mol. The van der Waals surface area contributed by atoms with Crippen LogP contribution in [0.3, 0.4) is 0 Å². The number of halogens is 1. The Kier molecular flexibility index (Phi) is 3.57. The van der Waals surface area contributed by atoms with Crippen LogP contribution >= 0.6 is 11.6 Å². The molecule has 0 radical (unpaired) electrons. The minimum absolute atomic E-state index is 0.0225. The van der Waals surface area contributed by atoms with Crippen molar-refractivity contribution in [2.24, 2.45) is 7.05 Å². The monoisotopic (exact) mass is 295 g/mol. The van der Waals surface area contributed by atoms with Crippen LogP contribution in [0.4, 0.5) is 17.2 Å². The van der Waals surface area contributed by atoms with Gasteiger partial charge in [-0.1, -0.05) is 11.6 Å². The summed E-state index contributed by atoms with van der Waals surface area (Å²) in [6.45, 7) is 0. The fraction of sp³-hybridized carbons (Fsp3) is 0.0909. The SMILES string of the molecule is Cn1ccc(NC(=O)c2cc([N+](=O)[O-])cc(Cl)c2N)n1. The van der Waals surface area contributed by atoms with Gasteiger partial charge in [-0.25, -0.2) is 0 Å². The second-order valence-electron chi connectivity index (χ2n) is 3.97. The number of aryl methyl sites for hydroxylation is 1. The van der Waals surface area contributed by atoms with Gasteiger partial charge in [-0.15, -0.1) is 0 Å². The quantitative estimate of drug-likeness (QED) is 0.509. The van der Waals surface area contributed by atoms with Crippen molar-refractivity contribution in [3.63, 3.8) is 0 Å². The normalized spacial score (nSPS) is 10.3. The zero-order valence-corrected chi connectivity index (χ0v) is 11.1. The number of non-ortho nitro benzene ring substituents is 1. The first-order chi connectivity index (χ1) is 9.38. The lowest BCUT2D eigenvalue weighted by atomic mass is 10.1. The van der Waals surface area contributed by atoms with E-state index >= 15 is 0 Å². The number of carbonyl (C=O) groups is 1. The van der Waals surface area contributed by atoms with Gasteiger partial charge in [-0.05, 0) is 0 Å². The molecule has 0 atom stereocenters. The highest BCUT2D eigenvalue weighted by Crippen LogP contribution is 2.29. The molecular formula is C11H10ClN5O3. The van der Waals surface area contributed by atoms with E-state index in [1.807, 2.05) is 0 Å². The molecule has 2 rings (SSSR count). The Labute approximate surface area is 118 Å². The van der Waals surface area contributed by atoms with Crippen molar-refractivity contribution in [1.82, 2.24) is 9.78 Å². The number of benzene rings is 1. The van der Waals surface area contributed by atoms with E-state index in [1.54, 1.807) is 19.3 Å². The molecule has 0 unspecified atom stereocenters. The Morgan fingerprint density at radius 2 is 2.25 bits per heavy atom. The van der Waals surface area contributed by atoms with Gasteiger partial charge in [-0.3, -0.25) is 19.6 Å². The van der Waals surface area contributed by atoms with Crippen LogP contribution in [-0.2, 0) is 7.05 Å². The standard InChI is InChI=1S/C11H10ClN5O3/c1-16-3-2-9(15-16)14-11(18)7-4-6(17(19)20)5-8(12)10(7)13/h2-5H,13H2,1H3,(H,14,15,18). The molecule has 20 heavy (non-hydrogen) atoms. The molecule has 9 heteroatoms. The number of carbonyl (C=O) groups excluding carboxylic acids is 1. The summed E-state index contributed by atoms with van der Waals surface area (Å²) in [6, 6.07) is 3.74. The van der Waals surface area contributed by atoms with Crippen LogP contribution in [0, 0.1) is 10.1 Å². The van der Waals surface area contributed by atoms with E-state index in [0.717, 1.165) is 12.1 Å². The lowest BCUT2D eigenvalue weighted by Crippen LogP contribution is -2.15. The van der Waals surface area contributed by atoms with Gasteiger partial charge in [0.2, 0.25) is 0 Å². The number of nitro groups is 1. The number of anilines is 2. The third-order valence-electron chi connectivity index (χ3n) is 2.52. The Morgan fingerprint density at radius 1 is 1.55 bits per heavy atom. The number of nitro benzene ring substituents is 1. The molecule has 104 valence electrons. The fourth-order valence-electron chi connectivity index (χ4n) is 1.56. The number of hydrogen-bond donors (Lipinski definition) is 2. The highest BCUT2D eigenvalue weighted by atomic mass is 35.5. The minimum Gasteiger partial charge on any atom is -0.397 e. The third-order valence-corrected chi connectivity index (χ3v) is 2.84. The van der Waals surface area contributed by atoms with Crippen LogP contribution in [0.5, 0.6) is 0 Å². The smallest absolute Gasteiger partial charge is 0.271 e. The summed E-state index contributed by atoms with van der Waals surface area (Å²) in [7, 11) is 1.69. The number of hydrogen-bond acceptors (Lipinski definition) is 5. The molecule has 3 N–H and O–H groups in total. The lowest BCUT2D eigenvalue weighted by Gasteiger charge is -2.07. The summed E-state index contributed by atoms with van der Waals surface area (Å²) in [5.74, 6) is -0.314. The van der Waals surface area contributed by atoms with Crippen molar-refractivity contribution >= 4 is 34.7 Å². The highest BCUT2D eigenvalue weighted by Gasteiger charge is 2.19. The summed E-state index contributed by atoms with van der Waals surface area (Å²) in [5, 5.41) is 17.2. The predicted molar refractivity (Wildman–Crippen MR) is 73.7 cm³/mol. The first kappa shape index (κ1) is 13.8. The van der Waals surface area contributed by atoms with Crippen molar-refractivity contribution in [1.29, 1.82) is 0 Å². The van der Waals surface area contributed by atoms with E-state index in [2.05, 4.69) is 10.4 Å². The van der Waals surface area contributed by atoms with Crippen LogP contribution in [0.25, 0.3) is 0 Å². The maximum Gasteiger partial charge on any atom is 0.271 e. The van der Waals surface area contributed by atoms with Gasteiger partial charge in [0.25, 0.3) is 11.6 Å². The molecule has 0 spiro atoms. The molecule has 0 aliphatic rings. The molecule has 8 nitrogen and oxygen atoms in total. The molecule has 0 aliphatic heterocycles. The third kappa shape index (κ3) is 2.69. The van der Waals surface area contributed by atoms with Crippen LogP contribution in [0.15, 0.2) is 24.4 Å². The van der Waals surface area contributed by atoms with Crippen molar-refractivity contribution in [3.05, 3.63) is 45.1 Å². The van der Waals surface area contributed by atoms with Gasteiger partial charge in [0.15, 0.2) is 5.82 Å². The summed E-state index contributed by atoms with van der Waals surface area (Å²) < 4.78 is 1.50. The predicted octanol–water partition coefficient (Wildman–Crippen LogP) is 1.82. The van der Waals surface area contributed by atoms with Crippen LogP contribution in [0.2, 0.25) is 5.02 Å². The largest absolute Gasteiger partial charge is 0.397 e. The second-order valence-corrected chi connectivity index (χ2v) is 4.38. The molecule has 0 saturated carbocycles. The number of amides is 1. The average molecular weight is 296 g/mol. The zero-order valence-electron chi connectivity index (χ0n) is 10.3. The highest BCUT2D eigenvalue weighted by molar-refractivity contribution is 6.34. The molecule has 0 saturated heterocycles. The van der Waals surface area contributed by atoms with Crippen LogP contribution in [-0.4, -0.2) is 20.6 Å². The number of rotatable bonds is 3. The Morgan fingerprint density at radius 3 is 2.80 bits per heavy atom. The number of nitrogen functional groups attached to an aromatic ring is 1. The topological polar surface area (TPSA) is 116 Å². The Hall–Kier alpha value is -2.61. The van der Waals surface area contributed by atoms with Gasteiger partial charge in [0.1, 0.15) is 0 Å². The maximum absolute atomic E-state index is 12.0. The summed E-state index contributed by atoms with van der Waals surface area (Å²) >= 11 is 5.79. The van der Waals surface area contributed by atoms with E-state index < -0.39 is 10.8 Å². The van der Waals surface area contributed by atoms with E-state index in [9.17, 15) is 14.9 Å². The van der Waals surface area contributed by atoms with Crippen LogP contribution < -0.4 is 11.1 Å². The molecule has 1 aromatic heterocycles. The number of nitrogens with zero attached hydrogens (tertiary/aromatic N) is 3. The van der Waals surface area contributed by atoms with Gasteiger partial charge >= 0.3 is 0 Å². The first-order valence-electron chi connectivity index (χ1n) is 5.43. The molecule has 1 heterocycles. The number of aromatic nitrogens is 2. The van der Waals surface area contributed by atoms with Crippen molar-refractivity contribution in [3.8, 4) is 0 Å². The van der Waals surface area contributed by atoms with E-state index in [1.165, 1.54) is 4.68 Å². The fourth-order valence-corrected chi connectivity index (χ4v) is 1.78. The molecule has 2 aromatic rings. The van der Waals surface area contributed by atoms with Crippen molar-refractivity contribution in [2.75, 3.05) is 11.1 Å². The zero-order chi connectivity index (χ0) is 14.9. The molecule has 0 fully saturated rings. The number of nitrogens with two attached hydrogens (primary N) is 1. The molecule has 0 bridgehead atoms. The van der Waals surface area contributed by atoms with E-state index in [-0.39, 0.29) is 22.0 Å². The molecule has 1 amide bonds. The molecule has 1 aromatic carbocycles.